The monoisotopic (exact) mass is 239 g/mol. The quantitative estimate of drug-likeness (QED) is 0.806. The van der Waals surface area contributed by atoms with Crippen molar-refractivity contribution in [2.75, 3.05) is 33.2 Å². The molecule has 0 bridgehead atoms. The summed E-state index contributed by atoms with van der Waals surface area (Å²) in [5.41, 5.74) is 0. The van der Waals surface area contributed by atoms with Crippen LogP contribution in [0.3, 0.4) is 0 Å². The second kappa shape index (κ2) is 6.17. The molecule has 3 unspecified atom stereocenters. The molecule has 1 aliphatic carbocycles. The predicted octanol–water partition coefficient (Wildman–Crippen LogP) is 1.54. The molecule has 1 heterocycles. The van der Waals surface area contributed by atoms with Gasteiger partial charge in [0.25, 0.3) is 0 Å². The summed E-state index contributed by atoms with van der Waals surface area (Å²) in [7, 11) is 2.12. The van der Waals surface area contributed by atoms with Gasteiger partial charge in [-0.15, -0.1) is 0 Å². The number of piperazine rings is 1. The van der Waals surface area contributed by atoms with Crippen molar-refractivity contribution in [2.45, 2.75) is 57.7 Å². The molecule has 0 radical (unpaired) electrons. The average Bonchev–Trinajstić information content (AvgIpc) is 2.38. The molecule has 1 saturated heterocycles. The minimum atomic E-state index is 0.740. The topological polar surface area (TPSA) is 18.5 Å². The Hall–Kier alpha value is -0.120. The van der Waals surface area contributed by atoms with Crippen molar-refractivity contribution in [1.29, 1.82) is 0 Å². The molecule has 0 aromatic rings. The molecule has 100 valence electrons. The number of rotatable bonds is 3. The number of likely N-dealkylation sites (N-methyl/N-ethyl adjacent to an activating group) is 1. The lowest BCUT2D eigenvalue weighted by Gasteiger charge is -2.45. The molecule has 1 N–H and O–H groups in total. The predicted molar refractivity (Wildman–Crippen MR) is 73.4 cm³/mol. The molecule has 0 spiro atoms. The average molecular weight is 239 g/mol. The molecule has 17 heavy (non-hydrogen) atoms. The minimum absolute atomic E-state index is 0.740. The first-order valence-corrected chi connectivity index (χ1v) is 7.40. The summed E-state index contributed by atoms with van der Waals surface area (Å²) >= 11 is 0. The molecule has 2 aliphatic rings. The number of hydrogen-bond donors (Lipinski definition) is 1. The molecular weight excluding hydrogens is 210 g/mol. The molecule has 0 aromatic carbocycles. The van der Waals surface area contributed by atoms with E-state index in [1.54, 1.807) is 0 Å². The minimum Gasteiger partial charge on any atom is -0.317 e. The Labute approximate surface area is 107 Å². The van der Waals surface area contributed by atoms with Crippen LogP contribution in [0.2, 0.25) is 0 Å². The summed E-state index contributed by atoms with van der Waals surface area (Å²) in [6.45, 7) is 9.68. The third-order valence-corrected chi connectivity index (χ3v) is 4.77. The van der Waals surface area contributed by atoms with Crippen molar-refractivity contribution in [3.63, 3.8) is 0 Å². The van der Waals surface area contributed by atoms with E-state index in [2.05, 4.69) is 36.0 Å². The van der Waals surface area contributed by atoms with Gasteiger partial charge in [0.2, 0.25) is 0 Å². The third-order valence-electron chi connectivity index (χ3n) is 4.77. The van der Waals surface area contributed by atoms with Crippen LogP contribution in [0.1, 0.15) is 39.5 Å². The van der Waals surface area contributed by atoms with Crippen LogP contribution in [-0.2, 0) is 0 Å². The summed E-state index contributed by atoms with van der Waals surface area (Å²) in [6.07, 6.45) is 5.54. The highest BCUT2D eigenvalue weighted by Crippen LogP contribution is 2.25. The Bertz CT molecular complexity index is 232. The van der Waals surface area contributed by atoms with E-state index in [-0.39, 0.29) is 0 Å². The lowest BCUT2D eigenvalue weighted by Crippen LogP contribution is -2.56. The number of hydrogen-bond acceptors (Lipinski definition) is 3. The van der Waals surface area contributed by atoms with E-state index in [0.29, 0.717) is 0 Å². The molecule has 0 aromatic heterocycles. The van der Waals surface area contributed by atoms with Crippen LogP contribution in [0.15, 0.2) is 0 Å². The van der Waals surface area contributed by atoms with Gasteiger partial charge in [-0.25, -0.2) is 0 Å². The zero-order valence-corrected chi connectivity index (χ0v) is 11.8. The van der Waals surface area contributed by atoms with E-state index in [4.69, 9.17) is 0 Å². The van der Waals surface area contributed by atoms with Gasteiger partial charge in [0.05, 0.1) is 0 Å². The van der Waals surface area contributed by atoms with Gasteiger partial charge < -0.3 is 5.32 Å². The molecule has 3 heteroatoms. The fourth-order valence-corrected chi connectivity index (χ4v) is 3.58. The Kier molecular flexibility index (Phi) is 4.83. The molecule has 1 aliphatic heterocycles. The van der Waals surface area contributed by atoms with Gasteiger partial charge in [0.1, 0.15) is 0 Å². The first kappa shape index (κ1) is 13.3. The van der Waals surface area contributed by atoms with Crippen molar-refractivity contribution >= 4 is 0 Å². The summed E-state index contributed by atoms with van der Waals surface area (Å²) < 4.78 is 0. The first-order valence-electron chi connectivity index (χ1n) is 7.40. The zero-order valence-electron chi connectivity index (χ0n) is 11.8. The maximum atomic E-state index is 3.47. The van der Waals surface area contributed by atoms with E-state index in [1.807, 2.05) is 0 Å². The van der Waals surface area contributed by atoms with Crippen molar-refractivity contribution in [2.24, 2.45) is 0 Å². The number of nitrogens with zero attached hydrogens (tertiary/aromatic N) is 2. The van der Waals surface area contributed by atoms with Crippen LogP contribution in [-0.4, -0.2) is 61.2 Å². The van der Waals surface area contributed by atoms with Crippen molar-refractivity contribution in [3.8, 4) is 0 Å². The first-order chi connectivity index (χ1) is 8.24. The molecule has 2 fully saturated rings. The van der Waals surface area contributed by atoms with Gasteiger partial charge in [0.15, 0.2) is 0 Å². The fourth-order valence-electron chi connectivity index (χ4n) is 3.58. The third kappa shape index (κ3) is 3.21. The SMILES string of the molecule is CCN1CCN(C2CCCC(NC)C2)CC1C. The second-order valence-corrected chi connectivity index (χ2v) is 5.78. The van der Waals surface area contributed by atoms with Crippen LogP contribution in [0.5, 0.6) is 0 Å². The van der Waals surface area contributed by atoms with Crippen molar-refractivity contribution in [3.05, 3.63) is 0 Å². The van der Waals surface area contributed by atoms with Gasteiger partial charge in [-0.05, 0) is 39.8 Å². The Morgan fingerprint density at radius 1 is 1.24 bits per heavy atom. The Balaban J connectivity index is 1.86. The van der Waals surface area contributed by atoms with Crippen LogP contribution in [0.4, 0.5) is 0 Å². The van der Waals surface area contributed by atoms with Gasteiger partial charge in [-0.2, -0.15) is 0 Å². The lowest BCUT2D eigenvalue weighted by atomic mass is 9.89. The van der Waals surface area contributed by atoms with Crippen LogP contribution in [0.25, 0.3) is 0 Å². The smallest absolute Gasteiger partial charge is 0.0195 e. The Morgan fingerprint density at radius 3 is 2.71 bits per heavy atom. The van der Waals surface area contributed by atoms with Crippen LogP contribution >= 0.6 is 0 Å². The second-order valence-electron chi connectivity index (χ2n) is 5.78. The zero-order chi connectivity index (χ0) is 12.3. The lowest BCUT2D eigenvalue weighted by molar-refractivity contribution is 0.0419. The summed E-state index contributed by atoms with van der Waals surface area (Å²) in [5.74, 6) is 0. The van der Waals surface area contributed by atoms with Crippen molar-refractivity contribution in [1.82, 2.24) is 15.1 Å². The van der Waals surface area contributed by atoms with Gasteiger partial charge in [-0.3, -0.25) is 9.80 Å². The van der Waals surface area contributed by atoms with E-state index < -0.39 is 0 Å². The maximum Gasteiger partial charge on any atom is 0.0195 e. The van der Waals surface area contributed by atoms with E-state index in [9.17, 15) is 0 Å². The van der Waals surface area contributed by atoms with Crippen LogP contribution < -0.4 is 5.32 Å². The highest BCUT2D eigenvalue weighted by molar-refractivity contribution is 4.88. The largest absolute Gasteiger partial charge is 0.317 e. The molecule has 3 atom stereocenters. The van der Waals surface area contributed by atoms with Crippen LogP contribution in [0, 0.1) is 0 Å². The van der Waals surface area contributed by atoms with E-state index in [1.165, 1.54) is 51.9 Å². The highest BCUT2D eigenvalue weighted by Gasteiger charge is 2.30. The maximum absolute atomic E-state index is 3.47. The standard InChI is InChI=1S/C14H29N3/c1-4-16-8-9-17(11-12(16)2)14-7-5-6-13(10-14)15-3/h12-15H,4-11H2,1-3H3. The van der Waals surface area contributed by atoms with Gasteiger partial charge in [-0.1, -0.05) is 13.3 Å². The van der Waals surface area contributed by atoms with E-state index in [0.717, 1.165) is 18.1 Å². The van der Waals surface area contributed by atoms with E-state index >= 15 is 0 Å². The normalized spacial score (nSPS) is 37.2. The number of nitrogens with one attached hydrogen (secondary N) is 1. The molecule has 1 saturated carbocycles. The van der Waals surface area contributed by atoms with Gasteiger partial charge >= 0.3 is 0 Å². The molecule has 0 amide bonds. The summed E-state index contributed by atoms with van der Waals surface area (Å²) in [4.78, 5) is 5.36. The van der Waals surface area contributed by atoms with Gasteiger partial charge in [0, 0.05) is 37.8 Å². The fraction of sp³-hybridized carbons (Fsp3) is 1.00. The molecular formula is C14H29N3. The highest BCUT2D eigenvalue weighted by atomic mass is 15.3. The summed E-state index contributed by atoms with van der Waals surface area (Å²) in [6, 6.07) is 2.33. The molecule has 3 nitrogen and oxygen atoms in total. The van der Waals surface area contributed by atoms with Crippen molar-refractivity contribution < 1.29 is 0 Å². The Morgan fingerprint density at radius 2 is 2.06 bits per heavy atom. The molecule has 2 rings (SSSR count). The summed E-state index contributed by atoms with van der Waals surface area (Å²) in [5, 5.41) is 3.47.